The summed E-state index contributed by atoms with van der Waals surface area (Å²) < 4.78 is 0. The molecule has 1 nitrogen and oxygen atoms in total. The Morgan fingerprint density at radius 3 is 2.55 bits per heavy atom. The second-order valence-corrected chi connectivity index (χ2v) is 2.39. The van der Waals surface area contributed by atoms with Gasteiger partial charge in [-0.2, -0.15) is 0 Å². The Hall–Kier alpha value is -1.31. The molecule has 0 N–H and O–H groups in total. The average Bonchev–Trinajstić information content (AvgIpc) is 2.58. The van der Waals surface area contributed by atoms with Crippen LogP contribution in [0.5, 0.6) is 0 Å². The zero-order valence-corrected chi connectivity index (χ0v) is 6.07. The standard InChI is InChI=1S/C9H7BN/c1-2-4-8(5-3-1)9-10-6-7-11-9/h1-7H. The first kappa shape index (κ1) is 6.41. The van der Waals surface area contributed by atoms with E-state index in [1.807, 2.05) is 37.7 Å². The number of rotatable bonds is 1. The van der Waals surface area contributed by atoms with E-state index in [1.165, 1.54) is 5.56 Å². The van der Waals surface area contributed by atoms with Crippen LogP contribution in [-0.2, 0) is 0 Å². The summed E-state index contributed by atoms with van der Waals surface area (Å²) in [7, 11) is 2.01. The van der Waals surface area contributed by atoms with Crippen LogP contribution in [0, 0.1) is 0 Å². The van der Waals surface area contributed by atoms with Crippen molar-refractivity contribution < 1.29 is 0 Å². The van der Waals surface area contributed by atoms with E-state index in [9.17, 15) is 0 Å². The molecule has 0 aromatic heterocycles. The van der Waals surface area contributed by atoms with Crippen molar-refractivity contribution in [2.24, 2.45) is 4.99 Å². The SMILES string of the molecule is [B]1C=CN=C1c1ccccc1. The van der Waals surface area contributed by atoms with Gasteiger partial charge in [-0.3, -0.25) is 4.99 Å². The number of nitrogens with zero attached hydrogens (tertiary/aromatic N) is 1. The lowest BCUT2D eigenvalue weighted by molar-refractivity contribution is 1.58. The Morgan fingerprint density at radius 1 is 1.09 bits per heavy atom. The van der Waals surface area contributed by atoms with Gasteiger partial charge < -0.3 is 0 Å². The highest BCUT2D eigenvalue weighted by atomic mass is 14.7. The molecular formula is C9H7BN. The van der Waals surface area contributed by atoms with Crippen molar-refractivity contribution in [1.82, 2.24) is 0 Å². The van der Waals surface area contributed by atoms with Gasteiger partial charge in [-0.05, 0) is 5.56 Å². The van der Waals surface area contributed by atoms with Crippen LogP contribution in [0.15, 0.2) is 47.5 Å². The predicted molar refractivity (Wildman–Crippen MR) is 47.9 cm³/mol. The minimum Gasteiger partial charge on any atom is -0.272 e. The zero-order chi connectivity index (χ0) is 7.52. The van der Waals surface area contributed by atoms with Crippen LogP contribution in [0.4, 0.5) is 0 Å². The Bertz CT molecular complexity index is 301. The molecule has 51 valence electrons. The van der Waals surface area contributed by atoms with Gasteiger partial charge >= 0.3 is 0 Å². The van der Waals surface area contributed by atoms with E-state index in [4.69, 9.17) is 0 Å². The van der Waals surface area contributed by atoms with Gasteiger partial charge in [-0.1, -0.05) is 36.3 Å². The van der Waals surface area contributed by atoms with Crippen LogP contribution < -0.4 is 0 Å². The third-order valence-electron chi connectivity index (χ3n) is 1.62. The van der Waals surface area contributed by atoms with Gasteiger partial charge in [0, 0.05) is 11.8 Å². The molecule has 0 saturated heterocycles. The quantitative estimate of drug-likeness (QED) is 0.525. The summed E-state index contributed by atoms with van der Waals surface area (Å²) in [6.07, 6.45) is 1.81. The van der Waals surface area contributed by atoms with Crippen molar-refractivity contribution >= 4 is 12.9 Å². The molecule has 0 atom stereocenters. The topological polar surface area (TPSA) is 12.4 Å². The van der Waals surface area contributed by atoms with E-state index in [0.29, 0.717) is 0 Å². The Balaban J connectivity index is 2.31. The summed E-state index contributed by atoms with van der Waals surface area (Å²) in [5.41, 5.74) is 2.23. The largest absolute Gasteiger partial charge is 0.272 e. The van der Waals surface area contributed by atoms with E-state index in [2.05, 4.69) is 17.1 Å². The van der Waals surface area contributed by atoms with Gasteiger partial charge in [-0.15, -0.1) is 0 Å². The Morgan fingerprint density at radius 2 is 1.91 bits per heavy atom. The van der Waals surface area contributed by atoms with Crippen LogP contribution in [0.3, 0.4) is 0 Å². The van der Waals surface area contributed by atoms with Crippen molar-refractivity contribution in [2.45, 2.75) is 0 Å². The Labute approximate surface area is 66.7 Å². The van der Waals surface area contributed by atoms with E-state index >= 15 is 0 Å². The van der Waals surface area contributed by atoms with E-state index in [0.717, 1.165) is 5.61 Å². The maximum absolute atomic E-state index is 4.19. The molecule has 0 aliphatic carbocycles. The third-order valence-corrected chi connectivity index (χ3v) is 1.62. The minimum absolute atomic E-state index is 1.05. The fourth-order valence-corrected chi connectivity index (χ4v) is 1.08. The highest BCUT2D eigenvalue weighted by molar-refractivity contribution is 6.83. The van der Waals surface area contributed by atoms with Gasteiger partial charge in [0.2, 0.25) is 7.28 Å². The fraction of sp³-hybridized carbons (Fsp3) is 0. The summed E-state index contributed by atoms with van der Waals surface area (Å²) >= 11 is 0. The second-order valence-electron chi connectivity index (χ2n) is 2.39. The van der Waals surface area contributed by atoms with Crippen LogP contribution >= 0.6 is 0 Å². The molecule has 0 unspecified atom stereocenters. The highest BCUT2D eigenvalue weighted by Gasteiger charge is 2.03. The van der Waals surface area contributed by atoms with Crippen molar-refractivity contribution in [1.29, 1.82) is 0 Å². The first-order valence-corrected chi connectivity index (χ1v) is 3.60. The first-order valence-electron chi connectivity index (χ1n) is 3.60. The highest BCUT2D eigenvalue weighted by Crippen LogP contribution is 2.04. The molecular weight excluding hydrogens is 133 g/mol. The molecule has 2 rings (SSSR count). The summed E-state index contributed by atoms with van der Waals surface area (Å²) in [5, 5.41) is 0. The molecule has 0 fully saturated rings. The zero-order valence-electron chi connectivity index (χ0n) is 6.07. The summed E-state index contributed by atoms with van der Waals surface area (Å²) in [4.78, 5) is 4.19. The molecule has 1 aromatic rings. The molecule has 1 aliphatic heterocycles. The minimum atomic E-state index is 1.05. The maximum atomic E-state index is 4.19. The van der Waals surface area contributed by atoms with Gasteiger partial charge in [-0.25, -0.2) is 0 Å². The summed E-state index contributed by atoms with van der Waals surface area (Å²) in [6, 6.07) is 10.2. The molecule has 1 aromatic carbocycles. The van der Waals surface area contributed by atoms with E-state index in [-0.39, 0.29) is 0 Å². The van der Waals surface area contributed by atoms with Gasteiger partial charge in [0.15, 0.2) is 0 Å². The molecule has 0 saturated carbocycles. The first-order chi connectivity index (χ1) is 5.47. The monoisotopic (exact) mass is 140 g/mol. The number of hydrogen-bond donors (Lipinski definition) is 0. The van der Waals surface area contributed by atoms with Crippen molar-refractivity contribution in [3.05, 3.63) is 48.1 Å². The predicted octanol–water partition coefficient (Wildman–Crippen LogP) is 1.62. The number of aliphatic imine (C=N–C) groups is 1. The molecule has 1 aliphatic rings. The molecule has 1 radical (unpaired) electrons. The van der Waals surface area contributed by atoms with E-state index < -0.39 is 0 Å². The summed E-state index contributed by atoms with van der Waals surface area (Å²) in [5.74, 6) is 1.95. The number of benzene rings is 1. The number of hydrogen-bond acceptors (Lipinski definition) is 1. The van der Waals surface area contributed by atoms with Gasteiger partial charge in [0.05, 0.1) is 0 Å². The van der Waals surface area contributed by atoms with Crippen molar-refractivity contribution in [3.63, 3.8) is 0 Å². The molecule has 0 bridgehead atoms. The lowest BCUT2D eigenvalue weighted by Crippen LogP contribution is -2.04. The van der Waals surface area contributed by atoms with Crippen LogP contribution in [-0.4, -0.2) is 12.9 Å². The smallest absolute Gasteiger partial charge is 0.209 e. The van der Waals surface area contributed by atoms with Crippen molar-refractivity contribution in [2.75, 3.05) is 0 Å². The molecule has 11 heavy (non-hydrogen) atoms. The second kappa shape index (κ2) is 2.75. The lowest BCUT2D eigenvalue weighted by atomic mass is 9.71. The molecule has 2 heteroatoms. The van der Waals surface area contributed by atoms with Gasteiger partial charge in [0.25, 0.3) is 0 Å². The van der Waals surface area contributed by atoms with Crippen LogP contribution in [0.1, 0.15) is 5.56 Å². The van der Waals surface area contributed by atoms with E-state index in [1.54, 1.807) is 0 Å². The fourth-order valence-electron chi connectivity index (χ4n) is 1.08. The molecule has 0 spiro atoms. The van der Waals surface area contributed by atoms with Gasteiger partial charge in [0.1, 0.15) is 0 Å². The Kier molecular flexibility index (Phi) is 1.60. The normalized spacial score (nSPS) is 14.4. The molecule has 0 amide bonds. The lowest BCUT2D eigenvalue weighted by Gasteiger charge is -1.96. The third kappa shape index (κ3) is 1.24. The maximum Gasteiger partial charge on any atom is 0.209 e. The van der Waals surface area contributed by atoms with Crippen LogP contribution in [0.2, 0.25) is 0 Å². The molecule has 1 heterocycles. The van der Waals surface area contributed by atoms with Crippen LogP contribution in [0.25, 0.3) is 0 Å². The summed E-state index contributed by atoms with van der Waals surface area (Å²) in [6.45, 7) is 0. The average molecular weight is 140 g/mol. The van der Waals surface area contributed by atoms with Crippen molar-refractivity contribution in [3.8, 4) is 0 Å².